The Bertz CT molecular complexity index is 599. The van der Waals surface area contributed by atoms with E-state index in [9.17, 15) is 14.7 Å². The van der Waals surface area contributed by atoms with Crippen LogP contribution in [0.15, 0.2) is 47.8 Å². The maximum atomic E-state index is 12.1. The van der Waals surface area contributed by atoms with E-state index in [0.717, 1.165) is 5.56 Å². The zero-order valence-electron chi connectivity index (χ0n) is 11.2. The first-order chi connectivity index (χ1) is 10.1. The number of thiophene rings is 1. The van der Waals surface area contributed by atoms with Crippen LogP contribution in [0.25, 0.3) is 0 Å². The fourth-order valence-corrected chi connectivity index (χ4v) is 2.63. The molecule has 5 nitrogen and oxygen atoms in total. The standard InChI is InChI=1S/C15H16N2O3S/c16-13(12-7-4-8-21-12)14(18)17-11(15(19)20)9-10-5-2-1-3-6-10/h1-8,11,13H,9,16H2,(H,17,18)(H,19,20)/t11-,13?/m0/s1. The first-order valence-corrected chi connectivity index (χ1v) is 7.32. The van der Waals surface area contributed by atoms with E-state index in [4.69, 9.17) is 5.73 Å². The molecule has 4 N–H and O–H groups in total. The fourth-order valence-electron chi connectivity index (χ4n) is 1.91. The molecule has 2 aromatic rings. The van der Waals surface area contributed by atoms with E-state index in [1.54, 1.807) is 12.1 Å². The second kappa shape index (κ2) is 7.01. The Hall–Kier alpha value is -2.18. The molecule has 0 aliphatic heterocycles. The van der Waals surface area contributed by atoms with Crippen LogP contribution in [0, 0.1) is 0 Å². The highest BCUT2D eigenvalue weighted by Gasteiger charge is 2.24. The van der Waals surface area contributed by atoms with Gasteiger partial charge < -0.3 is 16.2 Å². The molecule has 0 aliphatic rings. The van der Waals surface area contributed by atoms with E-state index in [1.165, 1.54) is 11.3 Å². The van der Waals surface area contributed by atoms with Gasteiger partial charge in [0.15, 0.2) is 0 Å². The lowest BCUT2D eigenvalue weighted by Crippen LogP contribution is -2.45. The zero-order valence-corrected chi connectivity index (χ0v) is 12.0. The molecule has 1 aromatic heterocycles. The van der Waals surface area contributed by atoms with Crippen LogP contribution >= 0.6 is 11.3 Å². The van der Waals surface area contributed by atoms with Crippen LogP contribution in [0.4, 0.5) is 0 Å². The summed E-state index contributed by atoms with van der Waals surface area (Å²) in [7, 11) is 0. The van der Waals surface area contributed by atoms with Gasteiger partial charge in [-0.3, -0.25) is 4.79 Å². The molecule has 21 heavy (non-hydrogen) atoms. The van der Waals surface area contributed by atoms with E-state index >= 15 is 0 Å². The summed E-state index contributed by atoms with van der Waals surface area (Å²) in [5.74, 6) is -1.56. The monoisotopic (exact) mass is 304 g/mol. The lowest BCUT2D eigenvalue weighted by Gasteiger charge is -2.17. The summed E-state index contributed by atoms with van der Waals surface area (Å²) in [6.45, 7) is 0. The van der Waals surface area contributed by atoms with Crippen molar-refractivity contribution in [1.82, 2.24) is 5.32 Å². The molecular weight excluding hydrogens is 288 g/mol. The fraction of sp³-hybridized carbons (Fsp3) is 0.200. The molecule has 1 heterocycles. The molecule has 6 heteroatoms. The van der Waals surface area contributed by atoms with Crippen molar-refractivity contribution < 1.29 is 14.7 Å². The minimum absolute atomic E-state index is 0.221. The SMILES string of the molecule is NC(C(=O)N[C@@H](Cc1ccccc1)C(=O)O)c1cccs1. The third-order valence-corrected chi connectivity index (χ3v) is 3.98. The van der Waals surface area contributed by atoms with E-state index in [2.05, 4.69) is 5.32 Å². The van der Waals surface area contributed by atoms with Crippen molar-refractivity contribution in [2.45, 2.75) is 18.5 Å². The van der Waals surface area contributed by atoms with Crippen molar-refractivity contribution in [2.75, 3.05) is 0 Å². The molecule has 1 aromatic carbocycles. The molecule has 0 spiro atoms. The van der Waals surface area contributed by atoms with Gasteiger partial charge in [-0.15, -0.1) is 11.3 Å². The summed E-state index contributed by atoms with van der Waals surface area (Å²) in [5, 5.41) is 13.6. The van der Waals surface area contributed by atoms with Crippen molar-refractivity contribution in [3.05, 3.63) is 58.3 Å². The van der Waals surface area contributed by atoms with Crippen LogP contribution in [-0.2, 0) is 16.0 Å². The van der Waals surface area contributed by atoms with Crippen LogP contribution in [-0.4, -0.2) is 23.0 Å². The molecule has 2 atom stereocenters. The van der Waals surface area contributed by atoms with Gasteiger partial charge in [-0.2, -0.15) is 0 Å². The van der Waals surface area contributed by atoms with Crippen molar-refractivity contribution in [3.8, 4) is 0 Å². The molecule has 0 saturated heterocycles. The Morgan fingerprint density at radius 1 is 1.19 bits per heavy atom. The number of benzene rings is 1. The maximum absolute atomic E-state index is 12.1. The Morgan fingerprint density at radius 2 is 1.90 bits per heavy atom. The minimum atomic E-state index is -1.08. The minimum Gasteiger partial charge on any atom is -0.480 e. The second-order valence-electron chi connectivity index (χ2n) is 4.58. The Labute approximate surface area is 126 Å². The van der Waals surface area contributed by atoms with Gasteiger partial charge in [0.1, 0.15) is 12.1 Å². The normalized spacial score (nSPS) is 13.4. The highest BCUT2D eigenvalue weighted by molar-refractivity contribution is 7.10. The van der Waals surface area contributed by atoms with Crippen LogP contribution in [0.1, 0.15) is 16.5 Å². The lowest BCUT2D eigenvalue weighted by atomic mass is 10.1. The number of carbonyl (C=O) groups excluding carboxylic acids is 1. The quantitative estimate of drug-likeness (QED) is 0.755. The van der Waals surface area contributed by atoms with Gasteiger partial charge in [0, 0.05) is 11.3 Å². The molecule has 0 bridgehead atoms. The van der Waals surface area contributed by atoms with Crippen LogP contribution in [0.3, 0.4) is 0 Å². The van der Waals surface area contributed by atoms with E-state index in [1.807, 2.05) is 35.7 Å². The maximum Gasteiger partial charge on any atom is 0.326 e. The summed E-state index contributed by atoms with van der Waals surface area (Å²) >= 11 is 1.37. The lowest BCUT2D eigenvalue weighted by molar-refractivity contribution is -0.142. The van der Waals surface area contributed by atoms with Gasteiger partial charge in [-0.05, 0) is 17.0 Å². The summed E-state index contributed by atoms with van der Waals surface area (Å²) in [6.07, 6.45) is 0.221. The topological polar surface area (TPSA) is 92.4 Å². The first kappa shape index (κ1) is 15.2. The molecular formula is C15H16N2O3S. The number of rotatable bonds is 6. The zero-order chi connectivity index (χ0) is 15.2. The van der Waals surface area contributed by atoms with Gasteiger partial charge >= 0.3 is 5.97 Å². The molecule has 0 fully saturated rings. The summed E-state index contributed by atoms with van der Waals surface area (Å²) in [6, 6.07) is 10.9. The molecule has 110 valence electrons. The predicted octanol–water partition coefficient (Wildman–Crippen LogP) is 1.56. The van der Waals surface area contributed by atoms with Crippen molar-refractivity contribution in [1.29, 1.82) is 0 Å². The number of nitrogens with two attached hydrogens (primary N) is 1. The predicted molar refractivity (Wildman–Crippen MR) is 81.0 cm³/mol. The van der Waals surface area contributed by atoms with Gasteiger partial charge in [0.05, 0.1) is 0 Å². The van der Waals surface area contributed by atoms with Gasteiger partial charge in [0.2, 0.25) is 5.91 Å². The molecule has 0 radical (unpaired) electrons. The Kier molecular flexibility index (Phi) is 5.08. The average Bonchev–Trinajstić information content (AvgIpc) is 3.00. The highest BCUT2D eigenvalue weighted by Crippen LogP contribution is 2.17. The Morgan fingerprint density at radius 3 is 2.48 bits per heavy atom. The third kappa shape index (κ3) is 4.14. The number of amides is 1. The molecule has 1 unspecified atom stereocenters. The average molecular weight is 304 g/mol. The van der Waals surface area contributed by atoms with Crippen LogP contribution in [0.2, 0.25) is 0 Å². The first-order valence-electron chi connectivity index (χ1n) is 6.44. The summed E-state index contributed by atoms with van der Waals surface area (Å²) in [4.78, 5) is 24.1. The van der Waals surface area contributed by atoms with E-state index in [-0.39, 0.29) is 6.42 Å². The smallest absolute Gasteiger partial charge is 0.326 e. The summed E-state index contributed by atoms with van der Waals surface area (Å²) in [5.41, 5.74) is 6.67. The Balaban J connectivity index is 2.03. The number of nitrogens with one attached hydrogen (secondary N) is 1. The van der Waals surface area contributed by atoms with Crippen molar-refractivity contribution in [2.24, 2.45) is 5.73 Å². The van der Waals surface area contributed by atoms with E-state index < -0.39 is 24.0 Å². The number of carboxylic acid groups (broad SMARTS) is 1. The second-order valence-corrected chi connectivity index (χ2v) is 5.56. The number of hydrogen-bond donors (Lipinski definition) is 3. The van der Waals surface area contributed by atoms with Gasteiger partial charge in [-0.1, -0.05) is 36.4 Å². The number of aliphatic carboxylic acids is 1. The van der Waals surface area contributed by atoms with Crippen LogP contribution in [0.5, 0.6) is 0 Å². The largest absolute Gasteiger partial charge is 0.480 e. The summed E-state index contributed by atoms with van der Waals surface area (Å²) < 4.78 is 0. The van der Waals surface area contributed by atoms with Crippen molar-refractivity contribution >= 4 is 23.2 Å². The van der Waals surface area contributed by atoms with Crippen LogP contribution < -0.4 is 11.1 Å². The highest BCUT2D eigenvalue weighted by atomic mass is 32.1. The van der Waals surface area contributed by atoms with E-state index in [0.29, 0.717) is 4.88 Å². The number of carbonyl (C=O) groups is 2. The third-order valence-electron chi connectivity index (χ3n) is 3.03. The van der Waals surface area contributed by atoms with Gasteiger partial charge in [-0.25, -0.2) is 4.79 Å². The van der Waals surface area contributed by atoms with Crippen molar-refractivity contribution in [3.63, 3.8) is 0 Å². The molecule has 1 amide bonds. The molecule has 2 rings (SSSR count). The molecule has 0 saturated carbocycles. The number of hydrogen-bond acceptors (Lipinski definition) is 4. The number of carboxylic acids is 1. The van der Waals surface area contributed by atoms with Gasteiger partial charge in [0.25, 0.3) is 0 Å². The molecule has 0 aliphatic carbocycles.